The van der Waals surface area contributed by atoms with Crippen molar-refractivity contribution in [3.63, 3.8) is 0 Å². The molecule has 186 valence electrons. The van der Waals surface area contributed by atoms with E-state index in [2.05, 4.69) is 0 Å². The van der Waals surface area contributed by atoms with Gasteiger partial charge in [0.1, 0.15) is 17.3 Å². The van der Waals surface area contributed by atoms with Gasteiger partial charge < -0.3 is 14.7 Å². The summed E-state index contributed by atoms with van der Waals surface area (Å²) in [6.45, 7) is 4.01. The molecule has 0 saturated carbocycles. The molecule has 1 amide bonds. The highest BCUT2D eigenvalue weighted by atomic mass is 35.5. The van der Waals surface area contributed by atoms with Gasteiger partial charge in [-0.2, -0.15) is 0 Å². The second-order valence-corrected chi connectivity index (χ2v) is 9.55. The van der Waals surface area contributed by atoms with E-state index in [9.17, 15) is 19.1 Å². The number of carbonyl (C=O) groups excluding carboxylic acids is 2. The highest BCUT2D eigenvalue weighted by Crippen LogP contribution is 2.40. The van der Waals surface area contributed by atoms with Crippen molar-refractivity contribution in [3.05, 3.63) is 105 Å². The predicted molar refractivity (Wildman–Crippen MR) is 138 cm³/mol. The van der Waals surface area contributed by atoms with Crippen LogP contribution in [-0.2, 0) is 16.0 Å². The number of rotatable bonds is 7. The van der Waals surface area contributed by atoms with Crippen molar-refractivity contribution in [1.82, 2.24) is 4.90 Å². The Bertz CT molecular complexity index is 1320. The zero-order valence-corrected chi connectivity index (χ0v) is 21.2. The zero-order chi connectivity index (χ0) is 26.0. The number of nitrogens with zero attached hydrogens (tertiary/aromatic N) is 1. The molecule has 4 rings (SSSR count). The van der Waals surface area contributed by atoms with E-state index in [0.29, 0.717) is 22.8 Å². The van der Waals surface area contributed by atoms with Gasteiger partial charge in [0.25, 0.3) is 11.7 Å². The van der Waals surface area contributed by atoms with Crippen LogP contribution in [0.4, 0.5) is 4.39 Å². The van der Waals surface area contributed by atoms with Gasteiger partial charge in [0.05, 0.1) is 27.8 Å². The number of halogens is 3. The first-order valence-corrected chi connectivity index (χ1v) is 12.2. The van der Waals surface area contributed by atoms with E-state index < -0.39 is 17.7 Å². The Labute approximate surface area is 218 Å². The van der Waals surface area contributed by atoms with Gasteiger partial charge in [-0.1, -0.05) is 47.5 Å². The minimum absolute atomic E-state index is 0.0214. The molecule has 3 aromatic carbocycles. The molecule has 0 aromatic heterocycles. The van der Waals surface area contributed by atoms with Crippen LogP contribution in [0.15, 0.2) is 72.3 Å². The minimum atomic E-state index is -0.840. The van der Waals surface area contributed by atoms with Gasteiger partial charge >= 0.3 is 0 Å². The zero-order valence-electron chi connectivity index (χ0n) is 19.7. The third-order valence-electron chi connectivity index (χ3n) is 5.86. The number of aliphatic hydroxyl groups excluding tert-OH is 1. The smallest absolute Gasteiger partial charge is 0.295 e. The number of amides is 1. The summed E-state index contributed by atoms with van der Waals surface area (Å²) in [5, 5.41) is 11.7. The van der Waals surface area contributed by atoms with E-state index in [4.69, 9.17) is 27.9 Å². The molecule has 5 nitrogen and oxygen atoms in total. The van der Waals surface area contributed by atoms with Crippen molar-refractivity contribution in [2.24, 2.45) is 0 Å². The summed E-state index contributed by atoms with van der Waals surface area (Å²) in [7, 11) is 0. The number of likely N-dealkylation sites (tertiary alicyclic amines) is 1. The maximum atomic E-state index is 13.3. The van der Waals surface area contributed by atoms with Gasteiger partial charge in [0.2, 0.25) is 0 Å². The normalized spacial score (nSPS) is 17.2. The maximum Gasteiger partial charge on any atom is 0.295 e. The second-order valence-electron chi connectivity index (χ2n) is 8.73. The lowest BCUT2D eigenvalue weighted by atomic mass is 9.95. The molecule has 1 fully saturated rings. The Balaban J connectivity index is 1.76. The van der Waals surface area contributed by atoms with E-state index in [1.807, 2.05) is 13.8 Å². The first-order chi connectivity index (χ1) is 17.2. The fourth-order valence-corrected chi connectivity index (χ4v) is 4.46. The summed E-state index contributed by atoms with van der Waals surface area (Å²) < 4.78 is 19.0. The molecule has 1 atom stereocenters. The molecule has 1 heterocycles. The molecule has 8 heteroatoms. The molecule has 0 spiro atoms. The molecule has 0 bridgehead atoms. The van der Waals surface area contributed by atoms with Crippen molar-refractivity contribution < 1.29 is 23.8 Å². The van der Waals surface area contributed by atoms with Crippen LogP contribution in [0, 0.1) is 5.82 Å². The van der Waals surface area contributed by atoms with Crippen LogP contribution < -0.4 is 4.74 Å². The first kappa shape index (κ1) is 25.7. The third kappa shape index (κ3) is 5.40. The molecule has 1 aliphatic heterocycles. The number of ether oxygens (including phenoxy) is 1. The molecule has 0 aliphatic carbocycles. The number of carbonyl (C=O) groups is 2. The summed E-state index contributed by atoms with van der Waals surface area (Å²) >= 11 is 12.1. The Morgan fingerprint density at radius 1 is 1.00 bits per heavy atom. The molecular weight excluding hydrogens is 504 g/mol. The van der Waals surface area contributed by atoms with Crippen molar-refractivity contribution >= 4 is 40.7 Å². The lowest BCUT2D eigenvalue weighted by Crippen LogP contribution is -2.31. The second kappa shape index (κ2) is 10.7. The van der Waals surface area contributed by atoms with Gasteiger partial charge in [-0.05, 0) is 73.9 Å². The van der Waals surface area contributed by atoms with E-state index in [-0.39, 0.29) is 40.4 Å². The number of hydrogen-bond donors (Lipinski definition) is 1. The average Bonchev–Trinajstić information content (AvgIpc) is 3.10. The fourth-order valence-electron chi connectivity index (χ4n) is 4.16. The SMILES string of the molecule is CC(C)Oc1ccc(C2/C(=C(/O)c3ccc(Cl)c(Cl)c3)C(=O)C(=O)N2CCc2ccc(F)cc2)cc1. The van der Waals surface area contributed by atoms with E-state index in [1.54, 1.807) is 36.4 Å². The lowest BCUT2D eigenvalue weighted by molar-refractivity contribution is -0.139. The van der Waals surface area contributed by atoms with Gasteiger partial charge in [-0.25, -0.2) is 4.39 Å². The summed E-state index contributed by atoms with van der Waals surface area (Å²) in [6.07, 6.45) is 0.373. The van der Waals surface area contributed by atoms with Crippen LogP contribution in [0.1, 0.15) is 36.6 Å². The van der Waals surface area contributed by atoms with Crippen LogP contribution in [0.25, 0.3) is 5.76 Å². The molecule has 36 heavy (non-hydrogen) atoms. The van der Waals surface area contributed by atoms with Crippen molar-refractivity contribution in [1.29, 1.82) is 0 Å². The lowest BCUT2D eigenvalue weighted by Gasteiger charge is -2.25. The quantitative estimate of drug-likeness (QED) is 0.214. The van der Waals surface area contributed by atoms with E-state index in [0.717, 1.165) is 5.56 Å². The molecule has 0 radical (unpaired) electrons. The highest BCUT2D eigenvalue weighted by Gasteiger charge is 2.45. The summed E-state index contributed by atoms with van der Waals surface area (Å²) in [5.74, 6) is -1.59. The number of benzene rings is 3. The van der Waals surface area contributed by atoms with E-state index in [1.165, 1.54) is 35.2 Å². The third-order valence-corrected chi connectivity index (χ3v) is 6.59. The number of aliphatic hydroxyl groups is 1. The topological polar surface area (TPSA) is 66.8 Å². The molecule has 1 N–H and O–H groups in total. The monoisotopic (exact) mass is 527 g/mol. The largest absolute Gasteiger partial charge is 0.507 e. The minimum Gasteiger partial charge on any atom is -0.507 e. The van der Waals surface area contributed by atoms with Gasteiger partial charge in [-0.15, -0.1) is 0 Å². The van der Waals surface area contributed by atoms with Crippen molar-refractivity contribution in [2.45, 2.75) is 32.4 Å². The summed E-state index contributed by atoms with van der Waals surface area (Å²) in [4.78, 5) is 27.8. The number of Topliss-reactive ketones (excluding diaryl/α,β-unsaturated/α-hetero) is 1. The van der Waals surface area contributed by atoms with Gasteiger partial charge in [0.15, 0.2) is 0 Å². The number of ketones is 1. The van der Waals surface area contributed by atoms with Crippen molar-refractivity contribution in [2.75, 3.05) is 6.54 Å². The number of hydrogen-bond acceptors (Lipinski definition) is 4. The van der Waals surface area contributed by atoms with Crippen LogP contribution >= 0.6 is 23.2 Å². The maximum absolute atomic E-state index is 13.3. The van der Waals surface area contributed by atoms with Gasteiger partial charge in [-0.3, -0.25) is 9.59 Å². The molecular formula is C28H24Cl2FNO4. The Morgan fingerprint density at radius 2 is 1.67 bits per heavy atom. The molecule has 1 saturated heterocycles. The first-order valence-electron chi connectivity index (χ1n) is 11.4. The standard InChI is InChI=1S/C28H24Cl2FNO4/c1-16(2)36-21-10-5-18(6-11-21)25-24(26(33)19-7-12-22(29)23(30)15-19)27(34)28(35)32(25)14-13-17-3-8-20(31)9-4-17/h3-12,15-16,25,33H,13-14H2,1-2H3/b26-24-. The Kier molecular flexibility index (Phi) is 7.67. The van der Waals surface area contributed by atoms with E-state index >= 15 is 0 Å². The Morgan fingerprint density at radius 3 is 2.28 bits per heavy atom. The van der Waals surface area contributed by atoms with Crippen LogP contribution in [0.2, 0.25) is 10.0 Å². The fraction of sp³-hybridized carbons (Fsp3) is 0.214. The van der Waals surface area contributed by atoms with Crippen LogP contribution in [-0.4, -0.2) is 34.3 Å². The molecule has 1 unspecified atom stereocenters. The van der Waals surface area contributed by atoms with Crippen molar-refractivity contribution in [3.8, 4) is 5.75 Å². The highest BCUT2D eigenvalue weighted by molar-refractivity contribution is 6.46. The van der Waals surface area contributed by atoms with Crippen LogP contribution in [0.3, 0.4) is 0 Å². The predicted octanol–water partition coefficient (Wildman–Crippen LogP) is 6.58. The summed E-state index contributed by atoms with van der Waals surface area (Å²) in [5.41, 5.74) is 1.66. The van der Waals surface area contributed by atoms with Crippen LogP contribution in [0.5, 0.6) is 5.75 Å². The molecule has 1 aliphatic rings. The van der Waals surface area contributed by atoms with Gasteiger partial charge in [0, 0.05) is 12.1 Å². The average molecular weight is 528 g/mol. The molecule has 3 aromatic rings. The summed E-state index contributed by atoms with van der Waals surface area (Å²) in [6, 6.07) is 16.7. The Hall–Kier alpha value is -3.35.